The van der Waals surface area contributed by atoms with E-state index in [1.165, 1.54) is 17.8 Å². The number of unbranched alkanes of at least 4 members (excludes halogenated alkanes) is 1. The standard InChI is InChI=1S/C27H33ClF3NO3S/c1-16(15-33)11-18-6-5-17(2)26(18)35-9-3-4-10-36-24-12-19(7-8-21(24)28)27(34)32-20-13-22(29)25(31)23(30)14-20/h7-8,12-14,16-18,26,33H,3-6,9-11,15H2,1-2H3,(H,32,34). The third-order valence-corrected chi connectivity index (χ3v) is 8.16. The molecular weight excluding hydrogens is 511 g/mol. The van der Waals surface area contributed by atoms with Crippen LogP contribution < -0.4 is 5.32 Å². The van der Waals surface area contributed by atoms with Gasteiger partial charge in [-0.2, -0.15) is 0 Å². The van der Waals surface area contributed by atoms with Crippen molar-refractivity contribution in [1.29, 1.82) is 0 Å². The SMILES string of the molecule is CC(CO)CC1CCC(C)C1OCCCCSc1cc(C(=O)Nc2cc(F)c(F)c(F)c2)ccc1Cl. The lowest BCUT2D eigenvalue weighted by molar-refractivity contribution is -0.00463. The summed E-state index contributed by atoms with van der Waals surface area (Å²) < 4.78 is 46.2. The molecule has 1 fully saturated rings. The van der Waals surface area contributed by atoms with Crippen LogP contribution in [0, 0.1) is 35.2 Å². The Bertz CT molecular complexity index is 1020. The number of ether oxygens (including phenoxy) is 1. The molecule has 3 rings (SSSR count). The van der Waals surface area contributed by atoms with E-state index < -0.39 is 23.4 Å². The molecule has 1 aliphatic carbocycles. The van der Waals surface area contributed by atoms with Crippen molar-refractivity contribution in [1.82, 2.24) is 0 Å². The number of hydrogen-bond acceptors (Lipinski definition) is 4. The number of aliphatic hydroxyl groups is 1. The lowest BCUT2D eigenvalue weighted by atomic mass is 9.92. The zero-order valence-corrected chi connectivity index (χ0v) is 22.1. The maximum atomic E-state index is 13.4. The molecule has 9 heteroatoms. The van der Waals surface area contributed by atoms with E-state index in [-0.39, 0.29) is 24.0 Å². The second kappa shape index (κ2) is 13.7. The fraction of sp³-hybridized carbons (Fsp3) is 0.519. The average molecular weight is 544 g/mol. The van der Waals surface area contributed by atoms with Crippen molar-refractivity contribution in [3.8, 4) is 0 Å². The maximum absolute atomic E-state index is 13.4. The molecular formula is C27H33ClF3NO3S. The van der Waals surface area contributed by atoms with Gasteiger partial charge in [0.25, 0.3) is 5.91 Å². The molecule has 0 aliphatic heterocycles. The second-order valence-electron chi connectivity index (χ2n) is 9.58. The number of amides is 1. The molecule has 2 N–H and O–H groups in total. The van der Waals surface area contributed by atoms with Gasteiger partial charge < -0.3 is 15.2 Å². The van der Waals surface area contributed by atoms with Crippen LogP contribution in [-0.4, -0.2) is 36.1 Å². The number of carbonyl (C=O) groups excluding carboxylic acids is 1. The Labute approximate surface area is 219 Å². The molecule has 0 saturated heterocycles. The number of hydrogen-bond donors (Lipinski definition) is 2. The molecule has 1 aliphatic rings. The van der Waals surface area contributed by atoms with Crippen LogP contribution in [0.1, 0.15) is 56.3 Å². The minimum atomic E-state index is -1.59. The number of nitrogens with one attached hydrogen (secondary N) is 1. The van der Waals surface area contributed by atoms with Gasteiger partial charge in [0.1, 0.15) is 0 Å². The van der Waals surface area contributed by atoms with Crippen molar-refractivity contribution in [2.75, 3.05) is 24.3 Å². The number of aliphatic hydroxyl groups excluding tert-OH is 1. The number of rotatable bonds is 12. The van der Waals surface area contributed by atoms with Gasteiger partial charge in [-0.05, 0) is 73.8 Å². The van der Waals surface area contributed by atoms with Crippen LogP contribution in [0.3, 0.4) is 0 Å². The Morgan fingerprint density at radius 2 is 1.92 bits per heavy atom. The molecule has 4 atom stereocenters. The van der Waals surface area contributed by atoms with E-state index in [0.29, 0.717) is 29.4 Å². The van der Waals surface area contributed by atoms with Crippen LogP contribution >= 0.6 is 23.4 Å². The van der Waals surface area contributed by atoms with Crippen LogP contribution in [0.4, 0.5) is 18.9 Å². The number of anilines is 1. The average Bonchev–Trinajstić information content (AvgIpc) is 3.19. The quantitative estimate of drug-likeness (QED) is 0.167. The smallest absolute Gasteiger partial charge is 0.255 e. The maximum Gasteiger partial charge on any atom is 0.255 e. The minimum absolute atomic E-state index is 0.176. The monoisotopic (exact) mass is 543 g/mol. The zero-order chi connectivity index (χ0) is 26.2. The molecule has 198 valence electrons. The fourth-order valence-corrected chi connectivity index (χ4v) is 5.87. The Morgan fingerprint density at radius 1 is 1.19 bits per heavy atom. The summed E-state index contributed by atoms with van der Waals surface area (Å²) in [5.41, 5.74) is 0.0962. The Balaban J connectivity index is 1.46. The van der Waals surface area contributed by atoms with Crippen molar-refractivity contribution < 1.29 is 27.8 Å². The molecule has 0 heterocycles. The van der Waals surface area contributed by atoms with E-state index in [1.807, 2.05) is 0 Å². The molecule has 4 nitrogen and oxygen atoms in total. The lowest BCUT2D eigenvalue weighted by Gasteiger charge is -2.25. The highest BCUT2D eigenvalue weighted by Crippen LogP contribution is 2.37. The van der Waals surface area contributed by atoms with Gasteiger partial charge in [0.15, 0.2) is 17.5 Å². The summed E-state index contributed by atoms with van der Waals surface area (Å²) in [7, 11) is 0. The van der Waals surface area contributed by atoms with Crippen molar-refractivity contribution >= 4 is 35.0 Å². The number of benzene rings is 2. The zero-order valence-electron chi connectivity index (χ0n) is 20.5. The van der Waals surface area contributed by atoms with E-state index >= 15 is 0 Å². The van der Waals surface area contributed by atoms with Crippen molar-refractivity contribution in [2.24, 2.45) is 17.8 Å². The van der Waals surface area contributed by atoms with Crippen LogP contribution in [0.5, 0.6) is 0 Å². The molecule has 1 amide bonds. The molecule has 0 spiro atoms. The van der Waals surface area contributed by atoms with Crippen molar-refractivity contribution in [2.45, 2.75) is 57.0 Å². The fourth-order valence-electron chi connectivity index (χ4n) is 4.61. The van der Waals surface area contributed by atoms with Crippen LogP contribution in [0.15, 0.2) is 35.2 Å². The first kappa shape index (κ1) is 28.8. The van der Waals surface area contributed by atoms with Gasteiger partial charge >= 0.3 is 0 Å². The molecule has 0 radical (unpaired) electrons. The molecule has 0 aromatic heterocycles. The largest absolute Gasteiger partial charge is 0.396 e. The minimum Gasteiger partial charge on any atom is -0.396 e. The lowest BCUT2D eigenvalue weighted by Crippen LogP contribution is -2.26. The van der Waals surface area contributed by atoms with Gasteiger partial charge in [-0.25, -0.2) is 13.2 Å². The first-order valence-electron chi connectivity index (χ1n) is 12.3. The predicted octanol–water partition coefficient (Wildman–Crippen LogP) is 7.33. The van der Waals surface area contributed by atoms with Crippen LogP contribution in [-0.2, 0) is 4.74 Å². The first-order valence-corrected chi connectivity index (χ1v) is 13.7. The van der Waals surface area contributed by atoms with Gasteiger partial charge in [-0.3, -0.25) is 4.79 Å². The Morgan fingerprint density at radius 3 is 2.61 bits per heavy atom. The van der Waals surface area contributed by atoms with E-state index in [9.17, 15) is 23.1 Å². The third kappa shape index (κ3) is 7.88. The topological polar surface area (TPSA) is 58.6 Å². The van der Waals surface area contributed by atoms with E-state index in [4.69, 9.17) is 16.3 Å². The Kier molecular flexibility index (Phi) is 11.0. The summed E-state index contributed by atoms with van der Waals surface area (Å²) >= 11 is 7.82. The molecule has 0 bridgehead atoms. The second-order valence-corrected chi connectivity index (χ2v) is 11.1. The third-order valence-electron chi connectivity index (χ3n) is 6.58. The highest BCUT2D eigenvalue weighted by atomic mass is 35.5. The first-order chi connectivity index (χ1) is 17.2. The number of thioether (sulfide) groups is 1. The van der Waals surface area contributed by atoms with Gasteiger partial charge in [0, 0.05) is 41.5 Å². The van der Waals surface area contributed by atoms with Crippen molar-refractivity contribution in [3.05, 3.63) is 58.4 Å². The van der Waals surface area contributed by atoms with Gasteiger partial charge in [0.05, 0.1) is 11.1 Å². The molecule has 4 unspecified atom stereocenters. The van der Waals surface area contributed by atoms with Gasteiger partial charge in [0.2, 0.25) is 0 Å². The summed E-state index contributed by atoms with van der Waals surface area (Å²) in [5.74, 6) is -2.80. The number of carbonyl (C=O) groups is 1. The van der Waals surface area contributed by atoms with Gasteiger partial charge in [-0.15, -0.1) is 11.8 Å². The highest BCUT2D eigenvalue weighted by Gasteiger charge is 2.34. The summed E-state index contributed by atoms with van der Waals surface area (Å²) in [6.45, 7) is 5.20. The van der Waals surface area contributed by atoms with E-state index in [2.05, 4.69) is 19.2 Å². The molecule has 2 aromatic rings. The van der Waals surface area contributed by atoms with Gasteiger partial charge in [-0.1, -0.05) is 25.4 Å². The molecule has 1 saturated carbocycles. The molecule has 36 heavy (non-hydrogen) atoms. The van der Waals surface area contributed by atoms with E-state index in [1.54, 1.807) is 12.1 Å². The molecule has 2 aromatic carbocycles. The van der Waals surface area contributed by atoms with Crippen molar-refractivity contribution in [3.63, 3.8) is 0 Å². The predicted molar refractivity (Wildman–Crippen MR) is 138 cm³/mol. The summed E-state index contributed by atoms with van der Waals surface area (Å²) in [4.78, 5) is 13.3. The Hall–Kier alpha value is -1.74. The van der Waals surface area contributed by atoms with E-state index in [0.717, 1.165) is 54.9 Å². The highest BCUT2D eigenvalue weighted by molar-refractivity contribution is 7.99. The summed E-state index contributed by atoms with van der Waals surface area (Å²) in [6, 6.07) is 6.20. The summed E-state index contributed by atoms with van der Waals surface area (Å²) in [6.07, 6.45) is 5.37. The number of halogens is 4. The van der Waals surface area contributed by atoms with Crippen LogP contribution in [0.2, 0.25) is 5.02 Å². The van der Waals surface area contributed by atoms with Crippen LogP contribution in [0.25, 0.3) is 0 Å². The normalized spacial score (nSPS) is 20.5. The summed E-state index contributed by atoms with van der Waals surface area (Å²) in [5, 5.41) is 12.2.